The molecule has 0 aliphatic carbocycles. The van der Waals surface area contributed by atoms with Gasteiger partial charge in [-0.3, -0.25) is 5.10 Å². The first-order chi connectivity index (χ1) is 3.93. The fourth-order valence-electron chi connectivity index (χ4n) is 0.458. The molecule has 0 atom stereocenters. The quantitative estimate of drug-likeness (QED) is 0.530. The van der Waals surface area contributed by atoms with Crippen molar-refractivity contribution in [1.29, 1.82) is 0 Å². The normalized spacial score (nSPS) is 8.38. The fourth-order valence-corrected chi connectivity index (χ4v) is 0.458. The molecule has 0 bridgehead atoms. The number of aromatic amines is 1. The minimum atomic E-state index is 0.403. The third-order valence-corrected chi connectivity index (χ3v) is 0.808. The van der Waals surface area contributed by atoms with Gasteiger partial charge in [-0.05, 0) is 6.07 Å². The maximum Gasteiger partial charge on any atom is 0.255 e. The Labute approximate surface area is 47.2 Å². The van der Waals surface area contributed by atoms with Crippen molar-refractivity contribution in [1.82, 2.24) is 10.2 Å². The second kappa shape index (κ2) is 2.12. The average molecular weight is 107 g/mol. The van der Waals surface area contributed by atoms with Crippen LogP contribution in [0.4, 0.5) is 0 Å². The molecule has 0 amide bonds. The largest absolute Gasteiger partial charge is 0.310 e. The van der Waals surface area contributed by atoms with E-state index in [0.717, 1.165) is 5.69 Å². The summed E-state index contributed by atoms with van der Waals surface area (Å²) in [6, 6.07) is 1.79. The van der Waals surface area contributed by atoms with Gasteiger partial charge in [-0.2, -0.15) is 5.10 Å². The Bertz CT molecular complexity index is 182. The highest BCUT2D eigenvalue weighted by molar-refractivity contribution is 4.99. The molecule has 0 aromatic carbocycles. The van der Waals surface area contributed by atoms with Crippen LogP contribution in [0, 0.1) is 6.57 Å². The van der Waals surface area contributed by atoms with Crippen molar-refractivity contribution in [3.63, 3.8) is 0 Å². The lowest BCUT2D eigenvalue weighted by atomic mass is 10.4. The van der Waals surface area contributed by atoms with E-state index in [1.54, 1.807) is 12.3 Å². The van der Waals surface area contributed by atoms with E-state index in [1.807, 2.05) is 0 Å². The molecule has 1 aromatic heterocycles. The Kier molecular flexibility index (Phi) is 1.29. The van der Waals surface area contributed by atoms with Crippen LogP contribution in [0.1, 0.15) is 5.69 Å². The molecule has 1 aromatic rings. The molecule has 0 radical (unpaired) electrons. The zero-order chi connectivity index (χ0) is 5.82. The van der Waals surface area contributed by atoms with Crippen molar-refractivity contribution < 1.29 is 0 Å². The smallest absolute Gasteiger partial charge is 0.255 e. The summed E-state index contributed by atoms with van der Waals surface area (Å²) in [6.45, 7) is 6.86. The van der Waals surface area contributed by atoms with Crippen LogP contribution < -0.4 is 0 Å². The second-order valence-electron chi connectivity index (χ2n) is 1.40. The van der Waals surface area contributed by atoms with Crippen molar-refractivity contribution in [3.05, 3.63) is 29.4 Å². The van der Waals surface area contributed by atoms with E-state index in [0.29, 0.717) is 6.54 Å². The third-order valence-electron chi connectivity index (χ3n) is 0.808. The summed E-state index contributed by atoms with van der Waals surface area (Å²) >= 11 is 0. The summed E-state index contributed by atoms with van der Waals surface area (Å²) in [5, 5.41) is 6.35. The molecule has 0 saturated carbocycles. The van der Waals surface area contributed by atoms with Gasteiger partial charge in [0.25, 0.3) is 6.54 Å². The zero-order valence-corrected chi connectivity index (χ0v) is 4.26. The minimum absolute atomic E-state index is 0.403. The summed E-state index contributed by atoms with van der Waals surface area (Å²) in [5.41, 5.74) is 0.875. The van der Waals surface area contributed by atoms with Crippen LogP contribution in [-0.2, 0) is 6.54 Å². The number of rotatable bonds is 1. The van der Waals surface area contributed by atoms with Crippen LogP contribution in [-0.4, -0.2) is 10.2 Å². The molecule has 0 fully saturated rings. The third kappa shape index (κ3) is 0.850. The highest BCUT2D eigenvalue weighted by Gasteiger charge is 1.90. The van der Waals surface area contributed by atoms with Crippen LogP contribution >= 0.6 is 0 Å². The van der Waals surface area contributed by atoms with Crippen molar-refractivity contribution in [3.8, 4) is 0 Å². The molecule has 0 aliphatic heterocycles. The van der Waals surface area contributed by atoms with Gasteiger partial charge in [-0.25, -0.2) is 6.57 Å². The predicted octanol–water partition coefficient (Wildman–Crippen LogP) is 0.829. The van der Waals surface area contributed by atoms with Crippen molar-refractivity contribution >= 4 is 0 Å². The standard InChI is InChI=1S/C5H5N3/c1-6-4-5-2-3-7-8-5/h2-3H,4H2,(H,7,8). The van der Waals surface area contributed by atoms with Crippen molar-refractivity contribution in [2.75, 3.05) is 0 Å². The van der Waals surface area contributed by atoms with E-state index in [-0.39, 0.29) is 0 Å². The van der Waals surface area contributed by atoms with E-state index >= 15 is 0 Å². The molecule has 0 spiro atoms. The molecule has 0 saturated heterocycles. The number of aromatic nitrogens is 2. The van der Waals surface area contributed by atoms with Gasteiger partial charge in [-0.15, -0.1) is 0 Å². The van der Waals surface area contributed by atoms with E-state index in [1.165, 1.54) is 0 Å². The summed E-state index contributed by atoms with van der Waals surface area (Å²) in [5.74, 6) is 0. The predicted molar refractivity (Wildman–Crippen MR) is 28.9 cm³/mol. The van der Waals surface area contributed by atoms with Crippen molar-refractivity contribution in [2.24, 2.45) is 0 Å². The molecule has 1 heterocycles. The van der Waals surface area contributed by atoms with E-state index < -0.39 is 0 Å². The Morgan fingerprint density at radius 3 is 3.25 bits per heavy atom. The molecule has 0 aliphatic rings. The van der Waals surface area contributed by atoms with Crippen LogP contribution in [0.25, 0.3) is 4.85 Å². The molecule has 0 unspecified atom stereocenters. The van der Waals surface area contributed by atoms with Gasteiger partial charge < -0.3 is 4.85 Å². The van der Waals surface area contributed by atoms with Crippen molar-refractivity contribution in [2.45, 2.75) is 6.54 Å². The zero-order valence-electron chi connectivity index (χ0n) is 4.26. The molecular formula is C5H5N3. The molecule has 3 nitrogen and oxygen atoms in total. The highest BCUT2D eigenvalue weighted by atomic mass is 15.1. The topological polar surface area (TPSA) is 33.0 Å². The molecule has 1 N–H and O–H groups in total. The molecule has 40 valence electrons. The van der Waals surface area contributed by atoms with E-state index in [2.05, 4.69) is 15.0 Å². The van der Waals surface area contributed by atoms with Crippen LogP contribution in [0.3, 0.4) is 0 Å². The number of nitrogens with one attached hydrogen (secondary N) is 1. The molecular weight excluding hydrogens is 102 g/mol. The first-order valence-corrected chi connectivity index (χ1v) is 2.25. The van der Waals surface area contributed by atoms with Crippen LogP contribution in [0.15, 0.2) is 12.3 Å². The lowest BCUT2D eigenvalue weighted by Gasteiger charge is -1.75. The summed E-state index contributed by atoms with van der Waals surface area (Å²) in [4.78, 5) is 3.16. The Morgan fingerprint density at radius 1 is 1.88 bits per heavy atom. The Hall–Kier alpha value is -1.30. The van der Waals surface area contributed by atoms with Crippen LogP contribution in [0.2, 0.25) is 0 Å². The molecule has 1 rings (SSSR count). The van der Waals surface area contributed by atoms with Gasteiger partial charge in [0, 0.05) is 6.20 Å². The second-order valence-corrected chi connectivity index (χ2v) is 1.40. The van der Waals surface area contributed by atoms with Gasteiger partial charge in [-0.1, -0.05) is 0 Å². The first-order valence-electron chi connectivity index (χ1n) is 2.25. The summed E-state index contributed by atoms with van der Waals surface area (Å²) < 4.78 is 0. The lowest BCUT2D eigenvalue weighted by molar-refractivity contribution is 1.01. The van der Waals surface area contributed by atoms with Gasteiger partial charge in [0.2, 0.25) is 0 Å². The molecule has 8 heavy (non-hydrogen) atoms. The Morgan fingerprint density at radius 2 is 2.75 bits per heavy atom. The SMILES string of the molecule is [C-]#[N+]Cc1ccn[nH]1. The molecule has 3 heteroatoms. The number of hydrogen-bond donors (Lipinski definition) is 1. The van der Waals surface area contributed by atoms with Gasteiger partial charge in [0.1, 0.15) is 5.69 Å². The Balaban J connectivity index is 2.67. The number of nitrogens with zero attached hydrogens (tertiary/aromatic N) is 2. The van der Waals surface area contributed by atoms with Gasteiger partial charge >= 0.3 is 0 Å². The number of hydrogen-bond acceptors (Lipinski definition) is 1. The van der Waals surface area contributed by atoms with E-state index in [4.69, 9.17) is 6.57 Å². The summed E-state index contributed by atoms with van der Waals surface area (Å²) in [6.07, 6.45) is 1.64. The summed E-state index contributed by atoms with van der Waals surface area (Å²) in [7, 11) is 0. The van der Waals surface area contributed by atoms with Gasteiger partial charge in [0.05, 0.1) is 0 Å². The first kappa shape index (κ1) is 4.85. The maximum absolute atomic E-state index is 6.46. The average Bonchev–Trinajstić information content (AvgIpc) is 2.19. The van der Waals surface area contributed by atoms with Gasteiger partial charge in [0.15, 0.2) is 0 Å². The lowest BCUT2D eigenvalue weighted by Crippen LogP contribution is -1.76. The fraction of sp³-hybridized carbons (Fsp3) is 0.200. The number of H-pyrrole nitrogens is 1. The maximum atomic E-state index is 6.46. The minimum Gasteiger partial charge on any atom is -0.310 e. The monoisotopic (exact) mass is 107 g/mol. The van der Waals surface area contributed by atoms with Crippen LogP contribution in [0.5, 0.6) is 0 Å². The van der Waals surface area contributed by atoms with E-state index in [9.17, 15) is 0 Å². The highest BCUT2D eigenvalue weighted by Crippen LogP contribution is 1.91.